The van der Waals surface area contributed by atoms with Crippen LogP contribution in [0.2, 0.25) is 0 Å². The van der Waals surface area contributed by atoms with E-state index in [2.05, 4.69) is 6.42 Å². The van der Waals surface area contributed by atoms with Crippen LogP contribution in [0.25, 0.3) is 0 Å². The summed E-state index contributed by atoms with van der Waals surface area (Å²) in [6.45, 7) is 2.27. The van der Waals surface area contributed by atoms with Crippen molar-refractivity contribution in [3.05, 3.63) is 65.6 Å². The molecule has 1 radical (unpaired) electrons. The van der Waals surface area contributed by atoms with E-state index >= 15 is 0 Å². The monoisotopic (exact) mass is 387 g/mol. The van der Waals surface area contributed by atoms with E-state index in [9.17, 15) is 13.6 Å². The Balaban J connectivity index is 1.66. The summed E-state index contributed by atoms with van der Waals surface area (Å²) in [5.74, 6) is -2.74. The van der Waals surface area contributed by atoms with Gasteiger partial charge in [0.25, 0.3) is 0 Å². The number of carbonyl (C=O) groups excluding carboxylic acids is 1. The Bertz CT molecular complexity index is 796. The molecular formula is C23H25F2O3. The Morgan fingerprint density at radius 3 is 2.43 bits per heavy atom. The third-order valence-electron chi connectivity index (χ3n) is 5.02. The molecule has 0 saturated heterocycles. The molecule has 3 rings (SSSR count). The zero-order chi connectivity index (χ0) is 19.9. The number of hydrogen-bond acceptors (Lipinski definition) is 3. The second-order valence-electron chi connectivity index (χ2n) is 7.04. The van der Waals surface area contributed by atoms with Crippen LogP contribution in [0.5, 0.6) is 11.5 Å². The summed E-state index contributed by atoms with van der Waals surface area (Å²) in [5, 5.41) is 0. The summed E-state index contributed by atoms with van der Waals surface area (Å²) in [6.07, 6.45) is 8.40. The average Bonchev–Trinajstić information content (AvgIpc) is 2.72. The van der Waals surface area contributed by atoms with Gasteiger partial charge < -0.3 is 9.47 Å². The Hall–Kier alpha value is -2.43. The van der Waals surface area contributed by atoms with Crippen LogP contribution in [0, 0.1) is 18.1 Å². The lowest BCUT2D eigenvalue weighted by Gasteiger charge is -2.21. The number of esters is 1. The predicted octanol–water partition coefficient (Wildman–Crippen LogP) is 6.22. The van der Waals surface area contributed by atoms with Crippen molar-refractivity contribution >= 4 is 5.97 Å². The normalized spacial score (nSPS) is 14.7. The van der Waals surface area contributed by atoms with Crippen molar-refractivity contribution in [1.29, 1.82) is 0 Å². The van der Waals surface area contributed by atoms with Crippen LogP contribution >= 0.6 is 0 Å². The number of unbranched alkanes of at least 4 members (excludes halogenated alkanes) is 1. The molecule has 0 N–H and O–H groups in total. The van der Waals surface area contributed by atoms with Gasteiger partial charge in [-0.05, 0) is 74.3 Å². The lowest BCUT2D eigenvalue weighted by atomic mass is 9.84. The van der Waals surface area contributed by atoms with Gasteiger partial charge >= 0.3 is 5.97 Å². The van der Waals surface area contributed by atoms with Gasteiger partial charge in [0, 0.05) is 0 Å². The molecule has 5 heteroatoms. The SMILES string of the molecule is CCCCOc1ccc(C(=O)Oc2ccc(C3CC[CH]CC3)cc2)c(F)c1F. The van der Waals surface area contributed by atoms with Crippen molar-refractivity contribution in [1.82, 2.24) is 0 Å². The van der Waals surface area contributed by atoms with E-state index in [1.807, 2.05) is 19.1 Å². The number of ether oxygens (including phenoxy) is 2. The summed E-state index contributed by atoms with van der Waals surface area (Å²) in [6, 6.07) is 9.70. The first-order chi connectivity index (χ1) is 13.6. The topological polar surface area (TPSA) is 35.5 Å². The molecule has 3 nitrogen and oxygen atoms in total. The van der Waals surface area contributed by atoms with E-state index in [0.717, 1.165) is 38.5 Å². The van der Waals surface area contributed by atoms with Crippen LogP contribution < -0.4 is 9.47 Å². The van der Waals surface area contributed by atoms with Crippen molar-refractivity contribution in [2.45, 2.75) is 51.4 Å². The number of halogens is 2. The van der Waals surface area contributed by atoms with Crippen molar-refractivity contribution < 1.29 is 23.0 Å². The molecule has 1 aliphatic carbocycles. The molecule has 1 aliphatic rings. The molecule has 149 valence electrons. The molecule has 0 aromatic heterocycles. The second-order valence-corrected chi connectivity index (χ2v) is 7.04. The van der Waals surface area contributed by atoms with E-state index in [1.54, 1.807) is 12.1 Å². The predicted molar refractivity (Wildman–Crippen MR) is 104 cm³/mol. The lowest BCUT2D eigenvalue weighted by Crippen LogP contribution is -2.13. The fourth-order valence-corrected chi connectivity index (χ4v) is 3.36. The van der Waals surface area contributed by atoms with E-state index in [4.69, 9.17) is 9.47 Å². The molecule has 0 amide bonds. The summed E-state index contributed by atoms with van der Waals surface area (Å²) in [7, 11) is 0. The van der Waals surface area contributed by atoms with Crippen LogP contribution in [-0.4, -0.2) is 12.6 Å². The smallest absolute Gasteiger partial charge is 0.346 e. The molecule has 0 atom stereocenters. The fraction of sp³-hybridized carbons (Fsp3) is 0.391. The maximum absolute atomic E-state index is 14.3. The molecule has 1 fully saturated rings. The second kappa shape index (κ2) is 9.67. The Morgan fingerprint density at radius 2 is 1.75 bits per heavy atom. The number of rotatable bonds is 7. The highest BCUT2D eigenvalue weighted by Gasteiger charge is 2.21. The summed E-state index contributed by atoms with van der Waals surface area (Å²) < 4.78 is 38.8. The van der Waals surface area contributed by atoms with Gasteiger partial charge in [0.15, 0.2) is 11.6 Å². The molecule has 0 heterocycles. The van der Waals surface area contributed by atoms with E-state index < -0.39 is 23.2 Å². The third-order valence-corrected chi connectivity index (χ3v) is 5.02. The van der Waals surface area contributed by atoms with Crippen molar-refractivity contribution in [2.75, 3.05) is 6.61 Å². The highest BCUT2D eigenvalue weighted by molar-refractivity contribution is 5.91. The molecular weight excluding hydrogens is 362 g/mol. The van der Waals surface area contributed by atoms with Gasteiger partial charge in [-0.3, -0.25) is 0 Å². The number of benzene rings is 2. The maximum atomic E-state index is 14.3. The van der Waals surface area contributed by atoms with Crippen LogP contribution in [0.15, 0.2) is 36.4 Å². The molecule has 0 aliphatic heterocycles. The third kappa shape index (κ3) is 4.89. The zero-order valence-electron chi connectivity index (χ0n) is 16.0. The maximum Gasteiger partial charge on any atom is 0.346 e. The van der Waals surface area contributed by atoms with Gasteiger partial charge in [0.05, 0.1) is 12.2 Å². The molecule has 2 aromatic rings. The van der Waals surface area contributed by atoms with E-state index in [0.29, 0.717) is 18.3 Å². The highest BCUT2D eigenvalue weighted by atomic mass is 19.2. The van der Waals surface area contributed by atoms with Crippen molar-refractivity contribution in [3.8, 4) is 11.5 Å². The standard InChI is InChI=1S/C23H25F2O3/c1-2-3-15-27-20-14-13-19(21(24)22(20)25)23(26)28-18-11-9-17(10-12-18)16-7-5-4-6-8-16/h4,9-14,16H,2-3,5-8,15H2,1H3. The Morgan fingerprint density at radius 1 is 1.04 bits per heavy atom. The first-order valence-electron chi connectivity index (χ1n) is 9.84. The molecule has 2 aromatic carbocycles. The van der Waals surface area contributed by atoms with E-state index in [1.165, 1.54) is 17.7 Å². The quantitative estimate of drug-likeness (QED) is 0.321. The van der Waals surface area contributed by atoms with Crippen LogP contribution in [-0.2, 0) is 0 Å². The minimum atomic E-state index is -1.26. The highest BCUT2D eigenvalue weighted by Crippen LogP contribution is 2.33. The molecule has 1 saturated carbocycles. The average molecular weight is 387 g/mol. The lowest BCUT2D eigenvalue weighted by molar-refractivity contribution is 0.0728. The van der Waals surface area contributed by atoms with Gasteiger partial charge in [-0.1, -0.05) is 25.5 Å². The molecule has 0 spiro atoms. The van der Waals surface area contributed by atoms with Gasteiger partial charge in [0.2, 0.25) is 5.82 Å². The summed E-state index contributed by atoms with van der Waals surface area (Å²) in [5.41, 5.74) is 0.756. The first-order valence-corrected chi connectivity index (χ1v) is 9.84. The zero-order valence-corrected chi connectivity index (χ0v) is 16.0. The largest absolute Gasteiger partial charge is 0.490 e. The van der Waals surface area contributed by atoms with Gasteiger partial charge in [-0.25, -0.2) is 9.18 Å². The van der Waals surface area contributed by atoms with Gasteiger partial charge in [-0.15, -0.1) is 0 Å². The van der Waals surface area contributed by atoms with Crippen molar-refractivity contribution in [3.63, 3.8) is 0 Å². The fourth-order valence-electron chi connectivity index (χ4n) is 3.36. The summed E-state index contributed by atoms with van der Waals surface area (Å²) in [4.78, 5) is 12.3. The number of hydrogen-bond donors (Lipinski definition) is 0. The van der Waals surface area contributed by atoms with E-state index in [-0.39, 0.29) is 5.75 Å². The van der Waals surface area contributed by atoms with Crippen LogP contribution in [0.1, 0.15) is 67.3 Å². The molecule has 0 bridgehead atoms. The van der Waals surface area contributed by atoms with Crippen LogP contribution in [0.4, 0.5) is 8.78 Å². The Labute approximate surface area is 164 Å². The Kier molecular flexibility index (Phi) is 7.01. The van der Waals surface area contributed by atoms with Crippen molar-refractivity contribution in [2.24, 2.45) is 0 Å². The van der Waals surface area contributed by atoms with Crippen LogP contribution in [0.3, 0.4) is 0 Å². The molecule has 28 heavy (non-hydrogen) atoms. The minimum absolute atomic E-state index is 0.198. The van der Waals surface area contributed by atoms with Gasteiger partial charge in [0.1, 0.15) is 5.75 Å². The summed E-state index contributed by atoms with van der Waals surface area (Å²) >= 11 is 0. The number of carbonyl (C=O) groups is 1. The first kappa shape index (κ1) is 20.3. The van der Waals surface area contributed by atoms with Gasteiger partial charge in [-0.2, -0.15) is 4.39 Å². The minimum Gasteiger partial charge on any atom is -0.490 e. The molecule has 0 unspecified atom stereocenters.